The summed E-state index contributed by atoms with van der Waals surface area (Å²) in [7, 11) is 0. The first kappa shape index (κ1) is 10.8. The van der Waals surface area contributed by atoms with Crippen LogP contribution < -0.4 is 0 Å². The van der Waals surface area contributed by atoms with Gasteiger partial charge in [0.2, 0.25) is 0 Å². The maximum atomic E-state index is 12.7. The molecular weight excluding hydrogens is 210 g/mol. The van der Waals surface area contributed by atoms with Gasteiger partial charge in [0.05, 0.1) is 0 Å². The highest BCUT2D eigenvalue weighted by molar-refractivity contribution is 5.29. The monoisotopic (exact) mass is 219 g/mol. The molecule has 2 aromatic rings. The predicted molar refractivity (Wildman–Crippen MR) is 55.3 cm³/mol. The minimum absolute atomic E-state index is 0.380. The van der Waals surface area contributed by atoms with Gasteiger partial charge in [0.25, 0.3) is 0 Å². The van der Waals surface area contributed by atoms with Crippen LogP contribution in [0.15, 0.2) is 48.5 Å². The summed E-state index contributed by atoms with van der Waals surface area (Å²) in [4.78, 5) is 0. The molecule has 0 bridgehead atoms. The Morgan fingerprint density at radius 2 is 1.00 bits per heavy atom. The molecule has 1 nitrogen and oxygen atoms in total. The molecule has 0 amide bonds. The van der Waals surface area contributed by atoms with Crippen LogP contribution in [-0.4, -0.2) is 0 Å². The molecule has 0 spiro atoms. The van der Waals surface area contributed by atoms with Crippen molar-refractivity contribution >= 4 is 0 Å². The van der Waals surface area contributed by atoms with Crippen molar-refractivity contribution in [2.75, 3.05) is 0 Å². The molecule has 16 heavy (non-hydrogen) atoms. The van der Waals surface area contributed by atoms with Crippen LogP contribution in [0.5, 0.6) is 0 Å². The van der Waals surface area contributed by atoms with E-state index in [1.807, 2.05) is 0 Å². The Morgan fingerprint density at radius 3 is 1.31 bits per heavy atom. The van der Waals surface area contributed by atoms with Gasteiger partial charge in [-0.2, -0.15) is 0 Å². The molecule has 81 valence electrons. The first-order valence-corrected chi connectivity index (χ1v) is 4.83. The maximum absolute atomic E-state index is 12.7. The van der Waals surface area contributed by atoms with Crippen molar-refractivity contribution in [1.82, 2.24) is 0 Å². The fraction of sp³-hybridized carbons (Fsp3) is 0.0769. The molecule has 2 aromatic carbocycles. The van der Waals surface area contributed by atoms with Gasteiger partial charge in [0.1, 0.15) is 17.7 Å². The SMILES string of the molecule is [O]C(c1ccc(F)cc1)c1ccc(F)cc1. The molecule has 0 saturated carbocycles. The second kappa shape index (κ2) is 4.41. The lowest BCUT2D eigenvalue weighted by molar-refractivity contribution is 0.124. The van der Waals surface area contributed by atoms with Gasteiger partial charge in [0, 0.05) is 0 Å². The molecule has 0 aliphatic heterocycles. The first-order chi connectivity index (χ1) is 7.66. The number of benzene rings is 2. The molecule has 0 aliphatic rings. The van der Waals surface area contributed by atoms with Gasteiger partial charge >= 0.3 is 0 Å². The van der Waals surface area contributed by atoms with E-state index in [-0.39, 0.29) is 11.6 Å². The highest BCUT2D eigenvalue weighted by Gasteiger charge is 2.12. The van der Waals surface area contributed by atoms with Crippen molar-refractivity contribution in [2.45, 2.75) is 6.10 Å². The largest absolute Gasteiger partial charge is 0.223 e. The van der Waals surface area contributed by atoms with Crippen LogP contribution in [0.4, 0.5) is 8.78 Å². The summed E-state index contributed by atoms with van der Waals surface area (Å²) in [6.45, 7) is 0. The van der Waals surface area contributed by atoms with Crippen molar-refractivity contribution in [2.24, 2.45) is 0 Å². The van der Waals surface area contributed by atoms with E-state index in [2.05, 4.69) is 0 Å². The van der Waals surface area contributed by atoms with Crippen molar-refractivity contribution in [1.29, 1.82) is 0 Å². The van der Waals surface area contributed by atoms with E-state index >= 15 is 0 Å². The van der Waals surface area contributed by atoms with Crippen LogP contribution >= 0.6 is 0 Å². The lowest BCUT2D eigenvalue weighted by Crippen LogP contribution is -1.97. The Balaban J connectivity index is 2.28. The highest BCUT2D eigenvalue weighted by Crippen LogP contribution is 2.22. The predicted octanol–water partition coefficient (Wildman–Crippen LogP) is 3.48. The Labute approximate surface area is 92.0 Å². The number of hydrogen-bond acceptors (Lipinski definition) is 0. The minimum atomic E-state index is -1.11. The Bertz CT molecular complexity index is 417. The Kier molecular flexibility index (Phi) is 2.97. The average molecular weight is 219 g/mol. The zero-order chi connectivity index (χ0) is 11.5. The maximum Gasteiger partial charge on any atom is 0.143 e. The molecule has 0 aliphatic carbocycles. The van der Waals surface area contributed by atoms with Gasteiger partial charge < -0.3 is 0 Å². The lowest BCUT2D eigenvalue weighted by Gasteiger charge is -2.08. The van der Waals surface area contributed by atoms with Crippen LogP contribution in [0, 0.1) is 11.6 Å². The molecule has 0 unspecified atom stereocenters. The number of hydrogen-bond donors (Lipinski definition) is 0. The Hall–Kier alpha value is -1.74. The van der Waals surface area contributed by atoms with E-state index in [4.69, 9.17) is 0 Å². The third-order valence-electron chi connectivity index (χ3n) is 2.35. The number of halogens is 2. The van der Waals surface area contributed by atoms with Gasteiger partial charge in [-0.1, -0.05) is 24.3 Å². The second-order valence-corrected chi connectivity index (χ2v) is 3.48. The van der Waals surface area contributed by atoms with E-state index in [1.54, 1.807) is 0 Å². The molecule has 0 heterocycles. The smallest absolute Gasteiger partial charge is 0.143 e. The third kappa shape index (κ3) is 2.25. The first-order valence-electron chi connectivity index (χ1n) is 4.83. The fourth-order valence-corrected chi connectivity index (χ4v) is 1.47. The zero-order valence-corrected chi connectivity index (χ0v) is 8.36. The van der Waals surface area contributed by atoms with E-state index in [0.29, 0.717) is 11.1 Å². The molecule has 1 radical (unpaired) electrons. The van der Waals surface area contributed by atoms with Crippen molar-refractivity contribution in [3.8, 4) is 0 Å². The van der Waals surface area contributed by atoms with E-state index in [9.17, 15) is 13.9 Å². The number of rotatable bonds is 2. The molecule has 0 N–H and O–H groups in total. The topological polar surface area (TPSA) is 19.9 Å². The highest BCUT2D eigenvalue weighted by atomic mass is 19.1. The molecule has 2 rings (SSSR count). The van der Waals surface area contributed by atoms with Crippen LogP contribution in [-0.2, 0) is 5.11 Å². The van der Waals surface area contributed by atoms with Gasteiger partial charge in [-0.05, 0) is 35.4 Å². The standard InChI is InChI=1S/C13H9F2O/c14-11-5-1-9(2-6-11)13(16)10-3-7-12(15)8-4-10/h1-8,13H. The van der Waals surface area contributed by atoms with Crippen molar-refractivity contribution in [3.63, 3.8) is 0 Å². The molecule has 0 aromatic heterocycles. The normalized spacial score (nSPS) is 10.8. The summed E-state index contributed by atoms with van der Waals surface area (Å²) in [5.41, 5.74) is 0.931. The van der Waals surface area contributed by atoms with Gasteiger partial charge in [-0.15, -0.1) is 0 Å². The molecule has 0 fully saturated rings. The fourth-order valence-electron chi connectivity index (χ4n) is 1.47. The summed E-state index contributed by atoms with van der Waals surface area (Å²) >= 11 is 0. The van der Waals surface area contributed by atoms with Gasteiger partial charge in [-0.3, -0.25) is 0 Å². The van der Waals surface area contributed by atoms with Crippen LogP contribution in [0.3, 0.4) is 0 Å². The van der Waals surface area contributed by atoms with E-state index in [1.165, 1.54) is 48.5 Å². The molecule has 3 heteroatoms. The van der Waals surface area contributed by atoms with Gasteiger partial charge in [-0.25, -0.2) is 13.9 Å². The van der Waals surface area contributed by atoms with E-state index in [0.717, 1.165) is 0 Å². The lowest BCUT2D eigenvalue weighted by atomic mass is 10.0. The summed E-state index contributed by atoms with van der Waals surface area (Å²) in [5, 5.41) is 11.9. The van der Waals surface area contributed by atoms with Crippen molar-refractivity contribution < 1.29 is 13.9 Å². The Morgan fingerprint density at radius 1 is 0.688 bits per heavy atom. The van der Waals surface area contributed by atoms with E-state index < -0.39 is 6.10 Å². The minimum Gasteiger partial charge on any atom is -0.223 e. The van der Waals surface area contributed by atoms with Crippen LogP contribution in [0.2, 0.25) is 0 Å². The van der Waals surface area contributed by atoms with Gasteiger partial charge in [0.15, 0.2) is 0 Å². The summed E-state index contributed by atoms with van der Waals surface area (Å²) in [6, 6.07) is 10.7. The molecule has 0 atom stereocenters. The summed E-state index contributed by atoms with van der Waals surface area (Å²) in [5.74, 6) is -0.759. The third-order valence-corrected chi connectivity index (χ3v) is 2.35. The summed E-state index contributed by atoms with van der Waals surface area (Å²) < 4.78 is 25.3. The average Bonchev–Trinajstić information content (AvgIpc) is 2.30. The second-order valence-electron chi connectivity index (χ2n) is 3.48. The molecular formula is C13H9F2O. The van der Waals surface area contributed by atoms with Crippen LogP contribution in [0.1, 0.15) is 17.2 Å². The quantitative estimate of drug-likeness (QED) is 0.736. The summed E-state index contributed by atoms with van der Waals surface area (Å²) in [6.07, 6.45) is -1.11. The molecule has 0 saturated heterocycles. The zero-order valence-electron chi connectivity index (χ0n) is 8.36. The van der Waals surface area contributed by atoms with Crippen molar-refractivity contribution in [3.05, 3.63) is 71.3 Å². The van der Waals surface area contributed by atoms with Crippen LogP contribution in [0.25, 0.3) is 0 Å².